The molecule has 0 amide bonds. The zero-order valence-corrected chi connectivity index (χ0v) is 66.4. The van der Waals surface area contributed by atoms with Crippen molar-refractivity contribution in [2.75, 3.05) is 129 Å². The fourth-order valence-corrected chi connectivity index (χ4v) is 9.69. The van der Waals surface area contributed by atoms with Crippen LogP contribution in [0.4, 0.5) is 0 Å². The largest absolute Gasteiger partial charge is 0.507 e. The first-order valence-electron chi connectivity index (χ1n) is 29.5. The average Bonchev–Trinajstić information content (AvgIpc) is 0.745. The number of rotatable bonds is 8. The number of aromatic hydroxyl groups is 8. The van der Waals surface area contributed by atoms with E-state index in [0.717, 1.165) is 0 Å². The Morgan fingerprint density at radius 3 is 0.450 bits per heavy atom. The molecule has 0 unspecified atom stereocenters. The number of methoxy groups -OCH3 is 4. The molecule has 0 heterocycles. The summed E-state index contributed by atoms with van der Waals surface area (Å²) in [5.74, 6) is -5.12. The van der Waals surface area contributed by atoms with Crippen LogP contribution in [0.5, 0.6) is 69.0 Å². The van der Waals surface area contributed by atoms with E-state index in [-0.39, 0.29) is 90.5 Å². The van der Waals surface area contributed by atoms with Gasteiger partial charge < -0.3 is 59.8 Å². The van der Waals surface area contributed by atoms with E-state index >= 15 is 0 Å². The smallest absolute Gasteiger partial charge is 0.123 e. The molecule has 1 aliphatic carbocycles. The van der Waals surface area contributed by atoms with Crippen LogP contribution in [0.1, 0.15) is 90.4 Å². The van der Waals surface area contributed by atoms with Gasteiger partial charge in [0.1, 0.15) is 69.0 Å². The molecule has 0 saturated heterocycles. The Bertz CT molecular complexity index is 3440. The van der Waals surface area contributed by atoms with Gasteiger partial charge in [-0.25, -0.2) is 0 Å². The first-order valence-corrected chi connectivity index (χ1v) is 45.2. The molecular formula is C72H96O20S8. The second kappa shape index (κ2) is 45.4. The molecular weight excluding hydrogens is 1440 g/mol. The van der Waals surface area contributed by atoms with E-state index in [2.05, 4.69) is 0 Å². The van der Waals surface area contributed by atoms with Crippen LogP contribution in [0, 0.1) is 0 Å². The topological polar surface area (TPSA) is 335 Å². The van der Waals surface area contributed by atoms with E-state index in [1.807, 2.05) is 0 Å². The van der Waals surface area contributed by atoms with Crippen molar-refractivity contribution in [3.63, 3.8) is 0 Å². The molecule has 8 bridgehead atoms. The van der Waals surface area contributed by atoms with Gasteiger partial charge in [0.2, 0.25) is 0 Å². The van der Waals surface area contributed by atoms with Gasteiger partial charge in [-0.15, -0.1) is 0 Å². The predicted molar refractivity (Wildman–Crippen MR) is 415 cm³/mol. The molecule has 28 heteroatoms. The summed E-state index contributed by atoms with van der Waals surface area (Å²) in [5.41, 5.74) is 3.79. The van der Waals surface area contributed by atoms with Crippen molar-refractivity contribution in [3.05, 3.63) is 212 Å². The van der Waals surface area contributed by atoms with Crippen molar-refractivity contribution >= 4 is 86.4 Å². The van der Waals surface area contributed by atoms with Crippen LogP contribution < -0.4 is 18.9 Å². The number of phenols is 8. The maximum atomic E-state index is 12.1. The van der Waals surface area contributed by atoms with Gasteiger partial charge in [0, 0.05) is 279 Å². The van der Waals surface area contributed by atoms with E-state index in [1.165, 1.54) is 52.7 Å². The summed E-state index contributed by atoms with van der Waals surface area (Å²) < 4.78 is 99.1. The fourth-order valence-electron chi connectivity index (χ4n) is 9.69. The highest BCUT2D eigenvalue weighted by atomic mass is 32.2. The minimum absolute atomic E-state index is 0.207. The van der Waals surface area contributed by atoms with Crippen LogP contribution in [0.2, 0.25) is 0 Å². The monoisotopic (exact) mass is 1540 g/mol. The van der Waals surface area contributed by atoms with Gasteiger partial charge in [-0.3, -0.25) is 33.7 Å². The molecule has 552 valence electrons. The number of fused-ring (bicyclic) bond motifs is 8. The molecule has 0 aliphatic heterocycles. The van der Waals surface area contributed by atoms with Crippen LogP contribution in [-0.2, 0) is 86.4 Å². The molecule has 20 nitrogen and oxygen atoms in total. The van der Waals surface area contributed by atoms with Crippen molar-refractivity contribution in [2.24, 2.45) is 0 Å². The molecule has 0 saturated carbocycles. The van der Waals surface area contributed by atoms with Crippen molar-refractivity contribution in [2.45, 2.75) is 23.7 Å². The lowest BCUT2D eigenvalue weighted by atomic mass is 9.75. The predicted octanol–water partition coefficient (Wildman–Crippen LogP) is 10.4. The van der Waals surface area contributed by atoms with Gasteiger partial charge in [0.25, 0.3) is 0 Å². The summed E-state index contributed by atoms with van der Waals surface area (Å²) >= 11 is 0. The summed E-state index contributed by atoms with van der Waals surface area (Å²) in [6.07, 6.45) is 26.2. The number of benzene rings is 8. The number of phenolic OH excluding ortho intramolecular Hbond substituents is 8. The third-order valence-electron chi connectivity index (χ3n) is 12.9. The Balaban J connectivity index is 0.00000131. The maximum Gasteiger partial charge on any atom is 0.123 e. The number of hydrogen-bond donors (Lipinski definition) is 8. The van der Waals surface area contributed by atoms with Crippen molar-refractivity contribution in [3.8, 4) is 69.0 Å². The number of hydrogen-bond acceptors (Lipinski definition) is 20. The molecule has 0 fully saturated rings. The Morgan fingerprint density at radius 1 is 0.220 bits per heavy atom. The molecule has 0 aromatic heterocycles. The van der Waals surface area contributed by atoms with E-state index in [0.29, 0.717) is 45.3 Å². The third kappa shape index (κ3) is 31.2. The Morgan fingerprint density at radius 2 is 0.340 bits per heavy atom. The minimum Gasteiger partial charge on any atom is -0.507 e. The van der Waals surface area contributed by atoms with Gasteiger partial charge in [0.15, 0.2) is 0 Å². The van der Waals surface area contributed by atoms with Crippen molar-refractivity contribution in [1.29, 1.82) is 0 Å². The van der Waals surface area contributed by atoms with Crippen LogP contribution in [0.3, 0.4) is 0 Å². The van der Waals surface area contributed by atoms with Crippen LogP contribution in [-0.4, -0.2) is 203 Å². The second-order valence-corrected chi connectivity index (χ2v) is 34.5. The van der Waals surface area contributed by atoms with Gasteiger partial charge in [0.05, 0.1) is 28.4 Å². The van der Waals surface area contributed by atoms with Gasteiger partial charge in [-0.1, -0.05) is 48.5 Å². The molecule has 1 aliphatic rings. The Hall–Kier alpha value is -7.44. The van der Waals surface area contributed by atoms with E-state index in [9.17, 15) is 74.5 Å². The summed E-state index contributed by atoms with van der Waals surface area (Å²) in [5, 5.41) is 96.7. The van der Waals surface area contributed by atoms with E-state index < -0.39 is 110 Å². The Labute approximate surface area is 608 Å². The van der Waals surface area contributed by atoms with Crippen molar-refractivity contribution < 1.29 is 93.5 Å². The molecule has 0 spiro atoms. The molecule has 0 atom stereocenters. The molecule has 8 N–H and O–H groups in total. The lowest BCUT2D eigenvalue weighted by Crippen LogP contribution is -2.13. The van der Waals surface area contributed by atoms with Gasteiger partial charge in [-0.2, -0.15) is 0 Å². The SMILES string of the molecule is COc1cccc(C2c3cc(c(O)cc3O)C(c3cccc(OC)c3)c3cc(c(O)cc3O)C(c3cccc(OC)c3)c3cc(c(O)cc3O)C(c3cccc(OC)c3)c3cc2c(O)cc3O)c1.CS(C)=O.CS(C)=O.CS(C)=O.CS(C)=O.CS(C)=O.CS(C)=O.CS(C)=O.CS(C)=O. The van der Waals surface area contributed by atoms with Crippen molar-refractivity contribution in [1.82, 2.24) is 0 Å². The standard InChI is InChI=1S/C56H48O12.8C2H6OS/c1-65-33-13-5-9-29(17-33)53-37-21-39(47(59)25-45(37)57)54(30-10-6-14-34(18-30)66-2)41-23-43(51(63)27-49(41)61)56(32-12-8-16-36(20-32)68-4)44-24-42(50(62)28-52(44)64)55(31-11-7-15-35(19-31)67-3)40-22-38(53)46(58)26-48(40)60;8*1-4(2)3/h5-28,53-64H,1-4H3;8*1-2H3. The highest BCUT2D eigenvalue weighted by molar-refractivity contribution is 7.84. The van der Waals surface area contributed by atoms with Crippen LogP contribution in [0.15, 0.2) is 146 Å². The minimum atomic E-state index is -1.04. The lowest BCUT2D eigenvalue weighted by Gasteiger charge is -2.30. The molecule has 8 aromatic rings. The highest BCUT2D eigenvalue weighted by Gasteiger charge is 2.36. The van der Waals surface area contributed by atoms with E-state index in [4.69, 9.17) is 18.9 Å². The molecule has 100 heavy (non-hydrogen) atoms. The summed E-state index contributed by atoms with van der Waals surface area (Å²) in [6.45, 7) is 0. The second-order valence-electron chi connectivity index (χ2n) is 22.7. The quantitative estimate of drug-likeness (QED) is 0.0701. The van der Waals surface area contributed by atoms with E-state index in [1.54, 1.807) is 221 Å². The fraction of sp³-hybridized carbons (Fsp3) is 0.333. The molecule has 9 rings (SSSR count). The van der Waals surface area contributed by atoms with Crippen LogP contribution >= 0.6 is 0 Å². The first-order chi connectivity index (χ1) is 46.7. The first kappa shape index (κ1) is 90.6. The van der Waals surface area contributed by atoms with Gasteiger partial charge >= 0.3 is 0 Å². The summed E-state index contributed by atoms with van der Waals surface area (Å²) in [4.78, 5) is 0. The molecule has 8 aromatic carbocycles. The summed E-state index contributed by atoms with van der Waals surface area (Å²) in [7, 11) is 1.16. The zero-order chi connectivity index (χ0) is 76.6. The van der Waals surface area contributed by atoms with Crippen LogP contribution in [0.25, 0.3) is 0 Å². The third-order valence-corrected chi connectivity index (χ3v) is 12.9. The molecule has 0 radical (unpaired) electrons. The highest BCUT2D eigenvalue weighted by Crippen LogP contribution is 2.54. The normalized spacial score (nSPS) is 14.0. The Kier molecular flexibility index (Phi) is 41.1. The average molecular weight is 1540 g/mol. The lowest BCUT2D eigenvalue weighted by molar-refractivity contribution is 0.413. The maximum absolute atomic E-state index is 12.1. The van der Waals surface area contributed by atoms with Gasteiger partial charge in [-0.05, 0) is 95.1 Å². The summed E-state index contributed by atoms with van der Waals surface area (Å²) in [6, 6.07) is 39.3. The zero-order valence-electron chi connectivity index (χ0n) is 59.9. The number of ether oxygens (including phenoxy) is 4.